The number of imidazole rings is 1. The number of nitrogens with one attached hydrogen (secondary N) is 2. The molecule has 0 amide bonds. The van der Waals surface area contributed by atoms with E-state index in [1.165, 1.54) is 19.2 Å². The Morgan fingerprint density at radius 2 is 2.35 bits per heavy atom. The van der Waals surface area contributed by atoms with Gasteiger partial charge in [0.2, 0.25) is 0 Å². The molecule has 1 atom stereocenters. The Kier molecular flexibility index (Phi) is 2.87. The Morgan fingerprint density at radius 1 is 1.35 bits per heavy atom. The van der Waals surface area contributed by atoms with Gasteiger partial charge in [0.1, 0.15) is 11.8 Å². The van der Waals surface area contributed by atoms with E-state index in [1.54, 1.807) is 6.33 Å². The van der Waals surface area contributed by atoms with Gasteiger partial charge in [0, 0.05) is 13.2 Å². The molecule has 6 nitrogen and oxygen atoms in total. The van der Waals surface area contributed by atoms with Crippen molar-refractivity contribution in [2.75, 3.05) is 18.5 Å². The number of nitrogens with zero attached hydrogens (tertiary/aromatic N) is 3. The SMILES string of the molecule is c1nc(NCC2CCCCO2)c2nc[nH]c2n1. The number of hydrogen-bond acceptors (Lipinski definition) is 5. The minimum atomic E-state index is 0.285. The second-order valence-electron chi connectivity index (χ2n) is 4.19. The van der Waals surface area contributed by atoms with Crippen LogP contribution in [0.15, 0.2) is 12.7 Å². The Hall–Kier alpha value is -1.69. The number of rotatable bonds is 3. The summed E-state index contributed by atoms with van der Waals surface area (Å²) >= 11 is 0. The minimum absolute atomic E-state index is 0.285. The fraction of sp³-hybridized carbons (Fsp3) is 0.545. The van der Waals surface area contributed by atoms with Crippen molar-refractivity contribution in [2.24, 2.45) is 0 Å². The second-order valence-corrected chi connectivity index (χ2v) is 4.19. The highest BCUT2D eigenvalue weighted by atomic mass is 16.5. The van der Waals surface area contributed by atoms with Crippen LogP contribution in [0.4, 0.5) is 5.82 Å². The van der Waals surface area contributed by atoms with Gasteiger partial charge in [-0.1, -0.05) is 0 Å². The summed E-state index contributed by atoms with van der Waals surface area (Å²) in [5.41, 5.74) is 1.54. The molecule has 1 saturated heterocycles. The monoisotopic (exact) mass is 233 g/mol. The van der Waals surface area contributed by atoms with Crippen molar-refractivity contribution in [1.29, 1.82) is 0 Å². The van der Waals surface area contributed by atoms with Crippen LogP contribution in [0.2, 0.25) is 0 Å². The van der Waals surface area contributed by atoms with Crippen molar-refractivity contribution in [3.8, 4) is 0 Å². The fourth-order valence-electron chi connectivity index (χ4n) is 2.07. The van der Waals surface area contributed by atoms with Crippen LogP contribution in [-0.2, 0) is 4.74 Å². The molecule has 2 aromatic heterocycles. The average Bonchev–Trinajstić information content (AvgIpc) is 2.86. The van der Waals surface area contributed by atoms with E-state index >= 15 is 0 Å². The van der Waals surface area contributed by atoms with Crippen LogP contribution >= 0.6 is 0 Å². The third-order valence-corrected chi connectivity index (χ3v) is 2.99. The Balaban J connectivity index is 1.69. The van der Waals surface area contributed by atoms with E-state index in [1.807, 2.05) is 0 Å². The topological polar surface area (TPSA) is 75.7 Å². The van der Waals surface area contributed by atoms with Gasteiger partial charge in [-0.15, -0.1) is 0 Å². The molecule has 2 N–H and O–H groups in total. The third-order valence-electron chi connectivity index (χ3n) is 2.99. The van der Waals surface area contributed by atoms with Crippen molar-refractivity contribution in [3.63, 3.8) is 0 Å². The molecular formula is C11H15N5O. The summed E-state index contributed by atoms with van der Waals surface area (Å²) in [6.45, 7) is 1.65. The Morgan fingerprint density at radius 3 is 3.24 bits per heavy atom. The van der Waals surface area contributed by atoms with Gasteiger partial charge in [-0.3, -0.25) is 0 Å². The number of fused-ring (bicyclic) bond motifs is 1. The first kappa shape index (κ1) is 10.5. The molecular weight excluding hydrogens is 218 g/mol. The molecule has 0 spiro atoms. The Bertz CT molecular complexity index is 491. The molecule has 3 heterocycles. The van der Waals surface area contributed by atoms with Crippen LogP contribution in [0.5, 0.6) is 0 Å². The molecule has 0 bridgehead atoms. The molecule has 1 aliphatic heterocycles. The van der Waals surface area contributed by atoms with Gasteiger partial charge in [0.25, 0.3) is 0 Å². The zero-order chi connectivity index (χ0) is 11.5. The van der Waals surface area contributed by atoms with Crippen LogP contribution in [0.25, 0.3) is 11.2 Å². The van der Waals surface area contributed by atoms with Gasteiger partial charge in [0.15, 0.2) is 11.5 Å². The van der Waals surface area contributed by atoms with Crippen molar-refractivity contribution < 1.29 is 4.74 Å². The lowest BCUT2D eigenvalue weighted by molar-refractivity contribution is 0.0247. The first-order valence-corrected chi connectivity index (χ1v) is 5.93. The molecule has 3 rings (SSSR count). The molecule has 90 valence electrons. The first-order chi connectivity index (χ1) is 8.43. The highest BCUT2D eigenvalue weighted by Crippen LogP contribution is 2.17. The number of H-pyrrole nitrogens is 1. The molecule has 6 heteroatoms. The summed E-state index contributed by atoms with van der Waals surface area (Å²) in [6.07, 6.45) is 6.97. The normalized spacial score (nSPS) is 20.6. The number of anilines is 1. The fourth-order valence-corrected chi connectivity index (χ4v) is 2.07. The molecule has 17 heavy (non-hydrogen) atoms. The van der Waals surface area contributed by atoms with Crippen molar-refractivity contribution in [2.45, 2.75) is 25.4 Å². The third kappa shape index (κ3) is 2.21. The lowest BCUT2D eigenvalue weighted by atomic mass is 10.1. The number of aromatic nitrogens is 4. The van der Waals surface area contributed by atoms with Crippen molar-refractivity contribution in [1.82, 2.24) is 19.9 Å². The Labute approximate surface area is 98.8 Å². The molecule has 0 aliphatic carbocycles. The first-order valence-electron chi connectivity index (χ1n) is 5.93. The predicted molar refractivity (Wildman–Crippen MR) is 63.8 cm³/mol. The minimum Gasteiger partial charge on any atom is -0.376 e. The molecule has 1 aliphatic rings. The molecule has 0 saturated carbocycles. The van der Waals surface area contributed by atoms with Crippen molar-refractivity contribution in [3.05, 3.63) is 12.7 Å². The summed E-state index contributed by atoms with van der Waals surface area (Å²) in [6, 6.07) is 0. The number of ether oxygens (including phenoxy) is 1. The van der Waals surface area contributed by atoms with E-state index < -0.39 is 0 Å². The lowest BCUT2D eigenvalue weighted by Crippen LogP contribution is -2.27. The van der Waals surface area contributed by atoms with Crippen molar-refractivity contribution >= 4 is 17.0 Å². The zero-order valence-corrected chi connectivity index (χ0v) is 9.52. The van der Waals surface area contributed by atoms with E-state index in [4.69, 9.17) is 4.74 Å². The van der Waals surface area contributed by atoms with Gasteiger partial charge in [-0.25, -0.2) is 15.0 Å². The molecule has 2 aromatic rings. The number of aromatic amines is 1. The van der Waals surface area contributed by atoms with Crippen LogP contribution < -0.4 is 5.32 Å². The maximum atomic E-state index is 5.66. The van der Waals surface area contributed by atoms with E-state index in [9.17, 15) is 0 Å². The van der Waals surface area contributed by atoms with Gasteiger partial charge in [-0.2, -0.15) is 0 Å². The van der Waals surface area contributed by atoms with Gasteiger partial charge >= 0.3 is 0 Å². The largest absolute Gasteiger partial charge is 0.376 e. The summed E-state index contributed by atoms with van der Waals surface area (Å²) in [4.78, 5) is 15.5. The van der Waals surface area contributed by atoms with E-state index in [0.717, 1.165) is 36.6 Å². The zero-order valence-electron chi connectivity index (χ0n) is 9.52. The van der Waals surface area contributed by atoms with Crippen LogP contribution in [0.1, 0.15) is 19.3 Å². The van der Waals surface area contributed by atoms with Crippen LogP contribution in [0.3, 0.4) is 0 Å². The molecule has 0 aromatic carbocycles. The summed E-state index contributed by atoms with van der Waals surface area (Å²) in [7, 11) is 0. The summed E-state index contributed by atoms with van der Waals surface area (Å²) < 4.78 is 5.66. The maximum Gasteiger partial charge on any atom is 0.162 e. The van der Waals surface area contributed by atoms with Crippen LogP contribution in [-0.4, -0.2) is 39.2 Å². The second kappa shape index (κ2) is 4.67. The van der Waals surface area contributed by atoms with Crippen LogP contribution in [0, 0.1) is 0 Å². The van der Waals surface area contributed by atoms with Gasteiger partial charge in [-0.05, 0) is 19.3 Å². The summed E-state index contributed by atoms with van der Waals surface area (Å²) in [5, 5.41) is 3.28. The smallest absolute Gasteiger partial charge is 0.162 e. The van der Waals surface area contributed by atoms with E-state index in [-0.39, 0.29) is 6.10 Å². The van der Waals surface area contributed by atoms with Gasteiger partial charge < -0.3 is 15.0 Å². The standard InChI is InChI=1S/C11H15N5O/c1-2-4-17-8(3-1)5-12-10-9-11(14-6-13-9)16-7-15-10/h6-8H,1-5H2,(H2,12,13,14,15,16). The van der Waals surface area contributed by atoms with E-state index in [0.29, 0.717) is 0 Å². The van der Waals surface area contributed by atoms with E-state index in [2.05, 4.69) is 25.3 Å². The molecule has 1 unspecified atom stereocenters. The highest BCUT2D eigenvalue weighted by Gasteiger charge is 2.14. The highest BCUT2D eigenvalue weighted by molar-refractivity contribution is 5.81. The lowest BCUT2D eigenvalue weighted by Gasteiger charge is -2.22. The molecule has 1 fully saturated rings. The maximum absolute atomic E-state index is 5.66. The average molecular weight is 233 g/mol. The number of hydrogen-bond donors (Lipinski definition) is 2. The van der Waals surface area contributed by atoms with Gasteiger partial charge in [0.05, 0.1) is 12.4 Å². The predicted octanol–water partition coefficient (Wildman–Crippen LogP) is 1.33. The molecule has 0 radical (unpaired) electrons. The summed E-state index contributed by atoms with van der Waals surface area (Å²) in [5.74, 6) is 0.769. The quantitative estimate of drug-likeness (QED) is 0.836.